The zero-order chi connectivity index (χ0) is 19.7. The molecule has 0 saturated heterocycles. The van der Waals surface area contributed by atoms with Crippen LogP contribution in [0.15, 0.2) is 42.5 Å². The van der Waals surface area contributed by atoms with E-state index in [0.717, 1.165) is 26.4 Å². The van der Waals surface area contributed by atoms with Gasteiger partial charge in [-0.3, -0.25) is 9.59 Å². The summed E-state index contributed by atoms with van der Waals surface area (Å²) in [6, 6.07) is 13.0. The molecule has 0 aliphatic heterocycles. The minimum absolute atomic E-state index is 0.207. The molecule has 1 amide bonds. The van der Waals surface area contributed by atoms with Gasteiger partial charge in [-0.2, -0.15) is 0 Å². The van der Waals surface area contributed by atoms with E-state index in [2.05, 4.69) is 15.1 Å². The molecule has 2 aromatic carbocycles. The van der Waals surface area contributed by atoms with Crippen molar-refractivity contribution in [2.75, 3.05) is 0 Å². The number of carbonyl (C=O) groups is 2. The fourth-order valence-electron chi connectivity index (χ4n) is 3.80. The van der Waals surface area contributed by atoms with Crippen molar-refractivity contribution in [2.24, 2.45) is 5.41 Å². The second kappa shape index (κ2) is 7.06. The molecule has 140 valence electrons. The Hall–Kier alpha value is -3.24. The highest BCUT2D eigenvalue weighted by Gasteiger charge is 2.45. The van der Waals surface area contributed by atoms with Gasteiger partial charge in [-0.25, -0.2) is 9.83 Å². The van der Waals surface area contributed by atoms with Gasteiger partial charge in [0.1, 0.15) is 5.01 Å². The van der Waals surface area contributed by atoms with Crippen molar-refractivity contribution in [3.8, 4) is 0 Å². The summed E-state index contributed by atoms with van der Waals surface area (Å²) < 4.78 is 0.949. The molecule has 0 spiro atoms. The van der Waals surface area contributed by atoms with Gasteiger partial charge >= 0.3 is 5.97 Å². The predicted molar refractivity (Wildman–Crippen MR) is 106 cm³/mol. The lowest BCUT2D eigenvalue weighted by Gasteiger charge is -2.25. The van der Waals surface area contributed by atoms with E-state index in [1.165, 1.54) is 11.3 Å². The quantitative estimate of drug-likeness (QED) is 0.649. The molecule has 7 heteroatoms. The molecule has 0 atom stereocenters. The summed E-state index contributed by atoms with van der Waals surface area (Å²) in [5.74, 6) is -1.23. The van der Waals surface area contributed by atoms with E-state index in [4.69, 9.17) is 6.57 Å². The molecule has 1 aliphatic carbocycles. The summed E-state index contributed by atoms with van der Waals surface area (Å²) in [6.07, 6.45) is 0.646. The van der Waals surface area contributed by atoms with Gasteiger partial charge in [0, 0.05) is 0 Å². The summed E-state index contributed by atoms with van der Waals surface area (Å²) >= 11 is 1.46. The van der Waals surface area contributed by atoms with Crippen molar-refractivity contribution in [1.82, 2.24) is 10.3 Å². The maximum Gasteiger partial charge on any atom is 0.304 e. The SMILES string of the molecule is [C-]#[N+]c1ccc2sc(CNC(=O)C3(CC(=O)O)Cc4ccccc4C3)nc2c1. The molecule has 0 saturated carbocycles. The zero-order valence-electron chi connectivity index (χ0n) is 14.9. The summed E-state index contributed by atoms with van der Waals surface area (Å²) in [7, 11) is 0. The topological polar surface area (TPSA) is 83.7 Å². The van der Waals surface area contributed by atoms with E-state index in [1.807, 2.05) is 30.3 Å². The first-order chi connectivity index (χ1) is 13.5. The Balaban J connectivity index is 1.53. The first-order valence-corrected chi connectivity index (χ1v) is 9.64. The van der Waals surface area contributed by atoms with Crippen molar-refractivity contribution < 1.29 is 14.7 Å². The maximum absolute atomic E-state index is 13.0. The molecule has 0 fully saturated rings. The lowest BCUT2D eigenvalue weighted by Crippen LogP contribution is -2.43. The Labute approximate surface area is 165 Å². The number of amides is 1. The molecule has 0 bridgehead atoms. The highest BCUT2D eigenvalue weighted by Crippen LogP contribution is 2.40. The molecule has 6 nitrogen and oxygen atoms in total. The first kappa shape index (κ1) is 18.1. The highest BCUT2D eigenvalue weighted by atomic mass is 32.1. The maximum atomic E-state index is 13.0. The van der Waals surface area contributed by atoms with E-state index >= 15 is 0 Å². The van der Waals surface area contributed by atoms with Crippen LogP contribution in [0.1, 0.15) is 22.6 Å². The van der Waals surface area contributed by atoms with Crippen LogP contribution in [0.3, 0.4) is 0 Å². The third-order valence-corrected chi connectivity index (χ3v) is 6.13. The molecule has 0 unspecified atom stereocenters. The Bertz CT molecular complexity index is 1100. The molecule has 28 heavy (non-hydrogen) atoms. The van der Waals surface area contributed by atoms with Gasteiger partial charge in [-0.1, -0.05) is 36.4 Å². The molecule has 3 aromatic rings. The van der Waals surface area contributed by atoms with Crippen LogP contribution in [0.2, 0.25) is 0 Å². The fraction of sp³-hybridized carbons (Fsp3) is 0.238. The number of nitrogens with zero attached hydrogens (tertiary/aromatic N) is 2. The number of carboxylic acid groups (broad SMARTS) is 1. The monoisotopic (exact) mass is 391 g/mol. The van der Waals surface area contributed by atoms with Crippen molar-refractivity contribution in [2.45, 2.75) is 25.8 Å². The van der Waals surface area contributed by atoms with E-state index in [1.54, 1.807) is 12.1 Å². The smallest absolute Gasteiger partial charge is 0.304 e. The van der Waals surface area contributed by atoms with E-state index in [-0.39, 0.29) is 18.9 Å². The number of aromatic nitrogens is 1. The van der Waals surface area contributed by atoms with Crippen LogP contribution in [0.4, 0.5) is 5.69 Å². The number of benzene rings is 2. The van der Waals surface area contributed by atoms with Crippen molar-refractivity contribution >= 4 is 39.1 Å². The predicted octanol–water partition coefficient (Wildman–Crippen LogP) is 3.72. The number of carboxylic acids is 1. The average molecular weight is 391 g/mol. The number of carbonyl (C=O) groups excluding carboxylic acids is 1. The van der Waals surface area contributed by atoms with Gasteiger partial charge in [0.25, 0.3) is 0 Å². The summed E-state index contributed by atoms with van der Waals surface area (Å²) in [4.78, 5) is 32.4. The summed E-state index contributed by atoms with van der Waals surface area (Å²) in [5.41, 5.74) is 2.36. The molecule has 1 heterocycles. The van der Waals surface area contributed by atoms with Crippen LogP contribution in [0, 0.1) is 12.0 Å². The van der Waals surface area contributed by atoms with Crippen molar-refractivity contribution in [1.29, 1.82) is 0 Å². The largest absolute Gasteiger partial charge is 0.481 e. The molecule has 2 N–H and O–H groups in total. The fourth-order valence-corrected chi connectivity index (χ4v) is 4.69. The number of hydrogen-bond acceptors (Lipinski definition) is 4. The summed E-state index contributed by atoms with van der Waals surface area (Å²) in [6.45, 7) is 7.33. The van der Waals surface area contributed by atoms with Gasteiger partial charge < -0.3 is 10.4 Å². The molecule has 0 radical (unpaired) electrons. The van der Waals surface area contributed by atoms with Crippen molar-refractivity contribution in [3.05, 3.63) is 70.0 Å². The van der Waals surface area contributed by atoms with Crippen LogP contribution < -0.4 is 5.32 Å². The minimum Gasteiger partial charge on any atom is -0.481 e. The lowest BCUT2D eigenvalue weighted by molar-refractivity contribution is -0.145. The summed E-state index contributed by atoms with van der Waals surface area (Å²) in [5, 5.41) is 13.0. The molecule has 1 aromatic heterocycles. The standard InChI is InChI=1S/C21H17N3O3S/c1-22-15-6-7-17-16(8-15)24-18(28-17)12-23-20(27)21(11-19(25)26)9-13-4-2-3-5-14(13)10-21/h2-8H,9-12H2,(H,23,27)(H,25,26). The molecule has 4 rings (SSSR count). The third-order valence-electron chi connectivity index (χ3n) is 5.09. The number of thiazole rings is 1. The van der Waals surface area contributed by atoms with Gasteiger partial charge in [-0.15, -0.1) is 11.3 Å². The third kappa shape index (κ3) is 3.35. The molecular formula is C21H17N3O3S. The normalized spacial score (nSPS) is 14.4. The van der Waals surface area contributed by atoms with E-state index in [0.29, 0.717) is 18.5 Å². The number of fused-ring (bicyclic) bond motifs is 2. The number of aliphatic carboxylic acids is 1. The minimum atomic E-state index is -0.977. The molecule has 1 aliphatic rings. The van der Waals surface area contributed by atoms with Crippen LogP contribution in [-0.4, -0.2) is 22.0 Å². The van der Waals surface area contributed by atoms with E-state index in [9.17, 15) is 14.7 Å². The number of hydrogen-bond donors (Lipinski definition) is 2. The van der Waals surface area contributed by atoms with Crippen molar-refractivity contribution in [3.63, 3.8) is 0 Å². The number of rotatable bonds is 5. The Kier molecular flexibility index (Phi) is 4.57. The van der Waals surface area contributed by atoms with E-state index < -0.39 is 11.4 Å². The van der Waals surface area contributed by atoms with Gasteiger partial charge in [0.05, 0.1) is 35.2 Å². The highest BCUT2D eigenvalue weighted by molar-refractivity contribution is 7.18. The van der Waals surface area contributed by atoms with Crippen LogP contribution in [-0.2, 0) is 29.0 Å². The average Bonchev–Trinajstić information content (AvgIpc) is 3.25. The second-order valence-corrected chi connectivity index (χ2v) is 8.14. The molecular weight excluding hydrogens is 374 g/mol. The number of nitrogens with one attached hydrogen (secondary N) is 1. The van der Waals surface area contributed by atoms with Crippen LogP contribution in [0.25, 0.3) is 15.1 Å². The zero-order valence-corrected chi connectivity index (χ0v) is 15.8. The van der Waals surface area contributed by atoms with Gasteiger partial charge in [-0.05, 0) is 30.0 Å². The first-order valence-electron chi connectivity index (χ1n) is 8.83. The van der Waals surface area contributed by atoms with Gasteiger partial charge in [0.2, 0.25) is 5.91 Å². The Morgan fingerprint density at radius 1 is 1.21 bits per heavy atom. The second-order valence-electron chi connectivity index (χ2n) is 7.03. The van der Waals surface area contributed by atoms with Crippen LogP contribution in [0.5, 0.6) is 0 Å². The Morgan fingerprint density at radius 2 is 1.93 bits per heavy atom. The Morgan fingerprint density at radius 3 is 2.57 bits per heavy atom. The van der Waals surface area contributed by atoms with Gasteiger partial charge in [0.15, 0.2) is 5.69 Å². The van der Waals surface area contributed by atoms with Crippen LogP contribution >= 0.6 is 11.3 Å². The lowest BCUT2D eigenvalue weighted by atomic mass is 9.80.